The van der Waals surface area contributed by atoms with Crippen LogP contribution in [0.25, 0.3) is 142 Å². The van der Waals surface area contributed by atoms with E-state index in [0.717, 1.165) is 22.7 Å². The first-order valence-electron chi connectivity index (χ1n) is 37.5. The van der Waals surface area contributed by atoms with Gasteiger partial charge in [-0.25, -0.2) is 0 Å². The highest BCUT2D eigenvalue weighted by molar-refractivity contribution is 6.25. The highest BCUT2D eigenvalue weighted by Gasteiger charge is 2.30. The van der Waals surface area contributed by atoms with Crippen molar-refractivity contribution in [2.75, 3.05) is 0 Å². The fourth-order valence-electron chi connectivity index (χ4n) is 16.5. The highest BCUT2D eigenvalue weighted by Crippen LogP contribution is 2.49. The summed E-state index contributed by atoms with van der Waals surface area (Å²) >= 11 is 0. The molecule has 0 N–H and O–H groups in total. The predicted octanol–water partition coefficient (Wildman–Crippen LogP) is 27.9. The summed E-state index contributed by atoms with van der Waals surface area (Å²) in [6, 6.07) is 78.2. The number of hydrogen-bond acceptors (Lipinski definition) is 0. The van der Waals surface area contributed by atoms with Gasteiger partial charge in [-0.05, 0) is 243 Å². The molecule has 16 rings (SSSR count). The zero-order valence-electron chi connectivity index (χ0n) is 65.3. The third-order valence-corrected chi connectivity index (χ3v) is 23.0. The molecule has 0 unspecified atom stereocenters. The van der Waals surface area contributed by atoms with Gasteiger partial charge in [-0.1, -0.05) is 227 Å². The first-order chi connectivity index (χ1) is 47.6. The molecule has 0 spiro atoms. The average Bonchev–Trinajstić information content (AvgIpc) is 1.41. The van der Waals surface area contributed by atoms with Gasteiger partial charge in [0.25, 0.3) is 0 Å². The maximum atomic E-state index is 2.62. The van der Waals surface area contributed by atoms with Gasteiger partial charge in [0.15, 0.2) is 0 Å². The molecule has 0 amide bonds. The van der Waals surface area contributed by atoms with E-state index in [9.17, 15) is 0 Å². The molecule has 0 atom stereocenters. The smallest absolute Gasteiger partial charge is 0.0547 e. The Morgan fingerprint density at radius 3 is 0.490 bits per heavy atom. The number of fused-ring (bicyclic) bond motifs is 17. The molecule has 0 saturated carbocycles. The van der Waals surface area contributed by atoms with Gasteiger partial charge in [0.1, 0.15) is 0 Å². The van der Waals surface area contributed by atoms with Crippen LogP contribution in [0.4, 0.5) is 0 Å². The molecule has 4 nitrogen and oxygen atoms in total. The average molecular weight is 1340 g/mol. The van der Waals surface area contributed by atoms with Crippen LogP contribution in [0.5, 0.6) is 0 Å². The van der Waals surface area contributed by atoms with Crippen molar-refractivity contribution in [2.45, 2.75) is 209 Å². The fraction of sp³-hybridized carbons (Fsp3) is 0.327. The summed E-state index contributed by atoms with van der Waals surface area (Å²) in [5.74, 6) is 0. The fourth-order valence-corrected chi connectivity index (χ4v) is 16.5. The van der Waals surface area contributed by atoms with E-state index in [1.807, 2.05) is 0 Å². The molecule has 0 fully saturated rings. The van der Waals surface area contributed by atoms with Crippen LogP contribution in [0.1, 0.15) is 211 Å². The molecule has 0 aliphatic rings. The van der Waals surface area contributed by atoms with Crippen LogP contribution in [0, 0.1) is 0 Å². The van der Waals surface area contributed by atoms with Crippen molar-refractivity contribution in [1.82, 2.24) is 18.3 Å². The molecule has 102 heavy (non-hydrogen) atoms. The van der Waals surface area contributed by atoms with Crippen LogP contribution in [0.15, 0.2) is 194 Å². The molecule has 0 aliphatic heterocycles. The molecule has 16 aromatic rings. The summed E-state index contributed by atoms with van der Waals surface area (Å²) < 4.78 is 10.4. The Labute approximate surface area is 605 Å². The molecule has 0 bridgehead atoms. The van der Waals surface area contributed by atoms with Crippen LogP contribution in [-0.4, -0.2) is 18.3 Å². The molecule has 4 aromatic heterocycles. The minimum atomic E-state index is -0.0552. The topological polar surface area (TPSA) is 19.7 Å². The van der Waals surface area contributed by atoms with Gasteiger partial charge >= 0.3 is 0 Å². The van der Waals surface area contributed by atoms with Crippen LogP contribution in [0.2, 0.25) is 0 Å². The van der Waals surface area contributed by atoms with Crippen molar-refractivity contribution >= 4 is 120 Å². The second-order valence-electron chi connectivity index (χ2n) is 38.5. The van der Waals surface area contributed by atoms with Crippen molar-refractivity contribution in [3.63, 3.8) is 0 Å². The third kappa shape index (κ3) is 10.7. The molecule has 0 radical (unpaired) electrons. The Balaban J connectivity index is 1.11. The standard InChI is InChI=1S/C98H104N4/c1-91(2,3)57-25-37-81-73(45-57)74-46-58(92(4,5)6)26-38-82(74)99(81)65-33-35-67-69(53-65)71-55-90(102-87-43-31-63(97(19,20)21)51-79(87)80-52-64(98(22,23)24)32-44-88(80)102)68-36-34-66(100-83-39-27-59(93(7,8)9)47-75(83)76-48-60(94(10,11)12)28-40-84(76)100)54-70(68)72(71)56-89(67)101-85-41-29-61(95(13,14)15)49-77(85)78-50-62(96(16,17)18)30-42-86(78)101/h25-56H,1-24H3. The SMILES string of the molecule is CC(C)(C)c1ccc2c(c1)c1cc(C(C)(C)C)ccc1n2-c1ccc2c(-n3c4ccc(C(C)(C)C)cc4c4cc(C(C)(C)C)ccc43)cc3c4cc(-n5c6ccc(C(C)(C)C)cc6c6cc(C(C)(C)C)ccc65)ccc4c(-n4c5ccc(C(C)(C)C)cc5c5cc(C(C)(C)C)ccc54)cc3c2c1. The largest absolute Gasteiger partial charge is 0.309 e. The lowest BCUT2D eigenvalue weighted by Crippen LogP contribution is -2.10. The second-order valence-corrected chi connectivity index (χ2v) is 38.5. The monoisotopic (exact) mass is 1340 g/mol. The maximum absolute atomic E-state index is 2.62. The van der Waals surface area contributed by atoms with Gasteiger partial charge in [0, 0.05) is 65.2 Å². The summed E-state index contributed by atoms with van der Waals surface area (Å²) in [4.78, 5) is 0. The minimum absolute atomic E-state index is 0.0362. The Bertz CT molecular complexity index is 5570. The van der Waals surface area contributed by atoms with E-state index in [2.05, 4.69) is 379 Å². The van der Waals surface area contributed by atoms with Gasteiger partial charge in [-0.3, -0.25) is 0 Å². The van der Waals surface area contributed by atoms with E-state index < -0.39 is 0 Å². The number of benzene rings is 12. The summed E-state index contributed by atoms with van der Waals surface area (Å²) in [6.45, 7) is 56.2. The first kappa shape index (κ1) is 67.1. The van der Waals surface area contributed by atoms with Gasteiger partial charge in [-0.2, -0.15) is 0 Å². The van der Waals surface area contributed by atoms with Crippen molar-refractivity contribution in [1.29, 1.82) is 0 Å². The molecule has 0 aliphatic carbocycles. The normalized spacial score (nSPS) is 13.7. The van der Waals surface area contributed by atoms with Gasteiger partial charge < -0.3 is 18.3 Å². The zero-order chi connectivity index (χ0) is 72.6. The van der Waals surface area contributed by atoms with Gasteiger partial charge in [0.2, 0.25) is 0 Å². The van der Waals surface area contributed by atoms with E-state index in [0.29, 0.717) is 0 Å². The van der Waals surface area contributed by atoms with E-state index in [1.54, 1.807) is 0 Å². The number of hydrogen-bond donors (Lipinski definition) is 0. The molecular weight excluding hydrogens is 1230 g/mol. The minimum Gasteiger partial charge on any atom is -0.309 e. The second kappa shape index (κ2) is 22.1. The number of rotatable bonds is 4. The van der Waals surface area contributed by atoms with Crippen molar-refractivity contribution in [2.24, 2.45) is 0 Å². The third-order valence-electron chi connectivity index (χ3n) is 23.0. The van der Waals surface area contributed by atoms with Crippen LogP contribution < -0.4 is 0 Å². The van der Waals surface area contributed by atoms with Gasteiger partial charge in [0.05, 0.1) is 55.5 Å². The zero-order valence-corrected chi connectivity index (χ0v) is 65.3. The van der Waals surface area contributed by atoms with Crippen molar-refractivity contribution in [3.8, 4) is 22.7 Å². The highest BCUT2D eigenvalue weighted by atomic mass is 15.0. The van der Waals surface area contributed by atoms with E-state index in [-0.39, 0.29) is 43.3 Å². The summed E-state index contributed by atoms with van der Waals surface area (Å²) in [6.07, 6.45) is 0. The maximum Gasteiger partial charge on any atom is 0.0547 e. The molecule has 4 heterocycles. The summed E-state index contributed by atoms with van der Waals surface area (Å²) in [5.41, 5.74) is 24.5. The van der Waals surface area contributed by atoms with Crippen molar-refractivity contribution < 1.29 is 0 Å². The number of nitrogens with zero attached hydrogens (tertiary/aromatic N) is 4. The lowest BCUT2D eigenvalue weighted by atomic mass is 9.85. The Hall–Kier alpha value is -9.38. The molecule has 516 valence electrons. The Kier molecular flexibility index (Phi) is 14.5. The van der Waals surface area contributed by atoms with Crippen LogP contribution in [-0.2, 0) is 43.3 Å². The van der Waals surface area contributed by atoms with E-state index in [1.165, 1.54) is 164 Å². The van der Waals surface area contributed by atoms with Crippen molar-refractivity contribution in [3.05, 3.63) is 239 Å². The summed E-state index contributed by atoms with van der Waals surface area (Å²) in [7, 11) is 0. The van der Waals surface area contributed by atoms with Crippen LogP contribution in [0.3, 0.4) is 0 Å². The summed E-state index contributed by atoms with van der Waals surface area (Å²) in [5, 5.41) is 17.4. The Morgan fingerprint density at radius 1 is 0.147 bits per heavy atom. The molecule has 12 aromatic carbocycles. The number of aromatic nitrogens is 4. The lowest BCUT2D eigenvalue weighted by molar-refractivity contribution is 0.590. The lowest BCUT2D eigenvalue weighted by Gasteiger charge is -2.22. The Morgan fingerprint density at radius 2 is 0.314 bits per heavy atom. The van der Waals surface area contributed by atoms with E-state index in [4.69, 9.17) is 0 Å². The first-order valence-corrected chi connectivity index (χ1v) is 37.5. The molecular formula is C98H104N4. The molecule has 0 saturated heterocycles. The van der Waals surface area contributed by atoms with E-state index >= 15 is 0 Å². The van der Waals surface area contributed by atoms with Gasteiger partial charge in [-0.15, -0.1) is 0 Å². The predicted molar refractivity (Wildman–Crippen MR) is 446 cm³/mol. The quantitative estimate of drug-likeness (QED) is 0.157. The van der Waals surface area contributed by atoms with Crippen LogP contribution >= 0.6 is 0 Å². The molecule has 4 heteroatoms.